The summed E-state index contributed by atoms with van der Waals surface area (Å²) in [5, 5.41) is 6.70. The molecule has 2 fully saturated rings. The van der Waals surface area contributed by atoms with Crippen LogP contribution in [0.3, 0.4) is 0 Å². The number of hydrogen-bond acceptors (Lipinski definition) is 5. The third kappa shape index (κ3) is 5.03. The SMILES string of the molecule is CO/N=C/c1ccc(C(=O)N2CCN(CC(=O)NC3CC3)CC2)cc1. The fourth-order valence-corrected chi connectivity index (χ4v) is 2.82. The second-order valence-electron chi connectivity index (χ2n) is 6.45. The summed E-state index contributed by atoms with van der Waals surface area (Å²) in [5.74, 6) is 0.118. The molecule has 7 nitrogen and oxygen atoms in total. The normalized spacial score (nSPS) is 18.4. The van der Waals surface area contributed by atoms with Crippen LogP contribution in [0.4, 0.5) is 0 Å². The summed E-state index contributed by atoms with van der Waals surface area (Å²) in [7, 11) is 1.49. The van der Waals surface area contributed by atoms with Crippen molar-refractivity contribution in [2.45, 2.75) is 18.9 Å². The van der Waals surface area contributed by atoms with Crippen molar-refractivity contribution in [3.63, 3.8) is 0 Å². The Morgan fingerprint density at radius 3 is 2.48 bits per heavy atom. The van der Waals surface area contributed by atoms with Crippen LogP contribution in [0.5, 0.6) is 0 Å². The van der Waals surface area contributed by atoms with E-state index in [0.29, 0.717) is 31.2 Å². The van der Waals surface area contributed by atoms with Crippen LogP contribution in [-0.4, -0.2) is 73.7 Å². The summed E-state index contributed by atoms with van der Waals surface area (Å²) in [5.41, 5.74) is 1.54. The Labute approximate surface area is 147 Å². The topological polar surface area (TPSA) is 74.2 Å². The molecule has 25 heavy (non-hydrogen) atoms. The second-order valence-corrected chi connectivity index (χ2v) is 6.45. The van der Waals surface area contributed by atoms with Crippen molar-refractivity contribution >= 4 is 18.0 Å². The number of oxime groups is 1. The monoisotopic (exact) mass is 344 g/mol. The summed E-state index contributed by atoms with van der Waals surface area (Å²) in [6, 6.07) is 7.68. The van der Waals surface area contributed by atoms with E-state index in [0.717, 1.165) is 31.5 Å². The Hall–Kier alpha value is -2.41. The van der Waals surface area contributed by atoms with Gasteiger partial charge >= 0.3 is 0 Å². The van der Waals surface area contributed by atoms with E-state index in [9.17, 15) is 9.59 Å². The molecular formula is C18H24N4O3. The molecule has 2 aliphatic rings. The van der Waals surface area contributed by atoms with Crippen LogP contribution in [0.2, 0.25) is 0 Å². The lowest BCUT2D eigenvalue weighted by Crippen LogP contribution is -2.51. The number of nitrogens with one attached hydrogen (secondary N) is 1. The summed E-state index contributed by atoms with van der Waals surface area (Å²) in [6.45, 7) is 3.15. The van der Waals surface area contributed by atoms with E-state index in [-0.39, 0.29) is 11.8 Å². The average Bonchev–Trinajstić information content (AvgIpc) is 3.44. The van der Waals surface area contributed by atoms with Crippen LogP contribution in [0.15, 0.2) is 29.4 Å². The third-order valence-electron chi connectivity index (χ3n) is 4.43. The van der Waals surface area contributed by atoms with Crippen LogP contribution in [0.1, 0.15) is 28.8 Å². The van der Waals surface area contributed by atoms with E-state index in [1.54, 1.807) is 18.3 Å². The van der Waals surface area contributed by atoms with Crippen molar-refractivity contribution in [3.8, 4) is 0 Å². The molecule has 1 N–H and O–H groups in total. The van der Waals surface area contributed by atoms with Gasteiger partial charge in [-0.3, -0.25) is 14.5 Å². The van der Waals surface area contributed by atoms with Gasteiger partial charge in [0.05, 0.1) is 12.8 Å². The first-order valence-corrected chi connectivity index (χ1v) is 8.63. The number of rotatable bonds is 6. The van der Waals surface area contributed by atoms with E-state index in [1.165, 1.54) is 7.11 Å². The van der Waals surface area contributed by atoms with Crippen molar-refractivity contribution in [2.75, 3.05) is 39.8 Å². The molecule has 1 aromatic rings. The number of piperazine rings is 1. The van der Waals surface area contributed by atoms with Crippen LogP contribution in [-0.2, 0) is 9.63 Å². The van der Waals surface area contributed by atoms with Gasteiger partial charge in [-0.25, -0.2) is 0 Å². The highest BCUT2D eigenvalue weighted by molar-refractivity contribution is 5.95. The number of carbonyl (C=O) groups excluding carboxylic acids is 2. The minimum Gasteiger partial charge on any atom is -0.399 e. The molecule has 0 unspecified atom stereocenters. The number of benzene rings is 1. The fourth-order valence-electron chi connectivity index (χ4n) is 2.82. The molecular weight excluding hydrogens is 320 g/mol. The molecule has 0 atom stereocenters. The quantitative estimate of drug-likeness (QED) is 0.609. The maximum Gasteiger partial charge on any atom is 0.253 e. The van der Waals surface area contributed by atoms with Crippen molar-refractivity contribution in [1.82, 2.24) is 15.1 Å². The minimum absolute atomic E-state index is 0.0253. The lowest BCUT2D eigenvalue weighted by Gasteiger charge is -2.34. The largest absolute Gasteiger partial charge is 0.399 e. The molecule has 1 aliphatic carbocycles. The molecule has 1 aliphatic heterocycles. The standard InChI is InChI=1S/C18H24N4O3/c1-25-19-12-14-2-4-15(5-3-14)18(24)22-10-8-21(9-11-22)13-17(23)20-16-6-7-16/h2-5,12,16H,6-11,13H2,1H3,(H,20,23)/b19-12+. The maximum atomic E-state index is 12.6. The molecule has 134 valence electrons. The van der Waals surface area contributed by atoms with Gasteiger partial charge < -0.3 is 15.1 Å². The van der Waals surface area contributed by atoms with Gasteiger partial charge in [0.1, 0.15) is 7.11 Å². The van der Waals surface area contributed by atoms with Gasteiger partial charge in [0.25, 0.3) is 5.91 Å². The van der Waals surface area contributed by atoms with Gasteiger partial charge in [-0.2, -0.15) is 0 Å². The van der Waals surface area contributed by atoms with Crippen LogP contribution >= 0.6 is 0 Å². The Morgan fingerprint density at radius 2 is 1.88 bits per heavy atom. The highest BCUT2D eigenvalue weighted by Crippen LogP contribution is 2.18. The molecule has 0 radical (unpaired) electrons. The highest BCUT2D eigenvalue weighted by Gasteiger charge is 2.26. The zero-order valence-corrected chi connectivity index (χ0v) is 14.5. The lowest BCUT2D eigenvalue weighted by atomic mass is 10.1. The van der Waals surface area contributed by atoms with Crippen molar-refractivity contribution in [1.29, 1.82) is 0 Å². The minimum atomic E-state index is 0.0253. The van der Waals surface area contributed by atoms with E-state index in [1.807, 2.05) is 17.0 Å². The van der Waals surface area contributed by atoms with Crippen molar-refractivity contribution in [3.05, 3.63) is 35.4 Å². The average molecular weight is 344 g/mol. The van der Waals surface area contributed by atoms with Crippen molar-refractivity contribution in [2.24, 2.45) is 5.16 Å². The second kappa shape index (κ2) is 8.11. The number of amides is 2. The lowest BCUT2D eigenvalue weighted by molar-refractivity contribution is -0.122. The van der Waals surface area contributed by atoms with Crippen LogP contribution < -0.4 is 5.32 Å². The molecule has 0 spiro atoms. The van der Waals surface area contributed by atoms with Gasteiger partial charge in [0.2, 0.25) is 5.91 Å². The molecule has 3 rings (SSSR count). The Balaban J connectivity index is 1.47. The number of carbonyl (C=O) groups is 2. The molecule has 7 heteroatoms. The number of nitrogens with zero attached hydrogens (tertiary/aromatic N) is 3. The molecule has 1 saturated heterocycles. The Morgan fingerprint density at radius 1 is 1.20 bits per heavy atom. The van der Waals surface area contributed by atoms with Crippen molar-refractivity contribution < 1.29 is 14.4 Å². The van der Waals surface area contributed by atoms with Crippen LogP contribution in [0, 0.1) is 0 Å². The molecule has 0 aromatic heterocycles. The summed E-state index contributed by atoms with van der Waals surface area (Å²) in [6.07, 6.45) is 3.80. The Kier molecular flexibility index (Phi) is 5.65. The van der Waals surface area contributed by atoms with E-state index in [2.05, 4.69) is 20.2 Å². The fraction of sp³-hybridized carbons (Fsp3) is 0.500. The van der Waals surface area contributed by atoms with Gasteiger partial charge in [0, 0.05) is 37.8 Å². The highest BCUT2D eigenvalue weighted by atomic mass is 16.6. The summed E-state index contributed by atoms with van der Waals surface area (Å²) < 4.78 is 0. The van der Waals surface area contributed by atoms with Gasteiger partial charge in [-0.15, -0.1) is 0 Å². The maximum absolute atomic E-state index is 12.6. The summed E-state index contributed by atoms with van der Waals surface area (Å²) in [4.78, 5) is 33.0. The smallest absolute Gasteiger partial charge is 0.253 e. The Bertz CT molecular complexity index is 632. The molecule has 1 heterocycles. The number of hydrogen-bond donors (Lipinski definition) is 1. The van der Waals surface area contributed by atoms with Gasteiger partial charge in [0.15, 0.2) is 0 Å². The molecule has 2 amide bonds. The van der Waals surface area contributed by atoms with E-state index in [4.69, 9.17) is 0 Å². The zero-order valence-electron chi connectivity index (χ0n) is 14.5. The van der Waals surface area contributed by atoms with Crippen LogP contribution in [0.25, 0.3) is 0 Å². The van der Waals surface area contributed by atoms with Gasteiger partial charge in [-0.05, 0) is 30.5 Å². The first-order valence-electron chi connectivity index (χ1n) is 8.63. The summed E-state index contributed by atoms with van der Waals surface area (Å²) >= 11 is 0. The third-order valence-corrected chi connectivity index (χ3v) is 4.43. The first kappa shape index (κ1) is 17.4. The molecule has 1 aromatic carbocycles. The van der Waals surface area contributed by atoms with E-state index >= 15 is 0 Å². The molecule has 0 bridgehead atoms. The predicted octanol–water partition coefficient (Wildman–Crippen LogP) is 0.703. The zero-order chi connectivity index (χ0) is 17.6. The molecule has 1 saturated carbocycles. The first-order chi connectivity index (χ1) is 12.2. The predicted molar refractivity (Wildman–Crippen MR) is 94.6 cm³/mol. The van der Waals surface area contributed by atoms with Gasteiger partial charge in [-0.1, -0.05) is 17.3 Å². The van der Waals surface area contributed by atoms with E-state index < -0.39 is 0 Å².